The van der Waals surface area contributed by atoms with Crippen LogP contribution in [0.5, 0.6) is 5.75 Å². The van der Waals surface area contributed by atoms with Crippen LogP contribution in [0.4, 0.5) is 13.6 Å². The smallest absolute Gasteiger partial charge is 0.404 e. The highest BCUT2D eigenvalue weighted by Gasteiger charge is 2.24. The fourth-order valence-electron chi connectivity index (χ4n) is 5.17. The van der Waals surface area contributed by atoms with E-state index in [9.17, 15) is 9.18 Å². The number of halogens is 3. The van der Waals surface area contributed by atoms with Crippen molar-refractivity contribution in [2.45, 2.75) is 38.8 Å². The van der Waals surface area contributed by atoms with Gasteiger partial charge in [-0.1, -0.05) is 36.7 Å². The average molecular weight is 582 g/mol. The van der Waals surface area contributed by atoms with Crippen LogP contribution in [-0.4, -0.2) is 35.7 Å². The Balaban J connectivity index is 1.60. The molecule has 1 unspecified atom stereocenters. The number of amides is 1. The maximum atomic E-state index is 16.4. The zero-order chi connectivity index (χ0) is 28.9. The molecule has 1 atom stereocenters. The summed E-state index contributed by atoms with van der Waals surface area (Å²) in [6, 6.07) is 14.9. The molecule has 4 aromatic rings. The second-order valence-electron chi connectivity index (χ2n) is 9.64. The summed E-state index contributed by atoms with van der Waals surface area (Å²) in [6.45, 7) is 2.72. The summed E-state index contributed by atoms with van der Waals surface area (Å²) in [5.41, 5.74) is 8.68. The lowest BCUT2D eigenvalue weighted by molar-refractivity contribution is -0.0366. The van der Waals surface area contributed by atoms with E-state index in [1.54, 1.807) is 28.9 Å². The van der Waals surface area contributed by atoms with Gasteiger partial charge in [0.15, 0.2) is 6.23 Å². The van der Waals surface area contributed by atoms with Crippen LogP contribution in [0.3, 0.4) is 0 Å². The van der Waals surface area contributed by atoms with Gasteiger partial charge in [0.2, 0.25) is 0 Å². The number of aromatic nitrogens is 2. The summed E-state index contributed by atoms with van der Waals surface area (Å²) in [4.78, 5) is 10.8. The van der Waals surface area contributed by atoms with Gasteiger partial charge in [0.25, 0.3) is 0 Å². The predicted octanol–water partition coefficient (Wildman–Crippen LogP) is 7.51. The zero-order valence-corrected chi connectivity index (χ0v) is 23.3. The van der Waals surface area contributed by atoms with Crippen LogP contribution in [0.15, 0.2) is 60.8 Å². The molecule has 1 saturated heterocycles. The van der Waals surface area contributed by atoms with E-state index in [0.717, 1.165) is 24.8 Å². The molecule has 10 heteroatoms. The van der Waals surface area contributed by atoms with Gasteiger partial charge in [-0.05, 0) is 84.4 Å². The van der Waals surface area contributed by atoms with Crippen LogP contribution in [0.1, 0.15) is 55.5 Å². The molecule has 1 fully saturated rings. The molecule has 0 spiro atoms. The van der Waals surface area contributed by atoms with E-state index in [2.05, 4.69) is 5.10 Å². The fraction of sp³-hybridized carbons (Fsp3) is 0.290. The van der Waals surface area contributed by atoms with E-state index in [0.29, 0.717) is 51.9 Å². The molecule has 3 aromatic carbocycles. The topological polar surface area (TPSA) is 88.6 Å². The molecule has 0 saturated carbocycles. The molecule has 0 radical (unpaired) electrons. The number of fused-ring (bicyclic) bond motifs is 1. The first kappa shape index (κ1) is 28.6. The Hall–Kier alpha value is -3.95. The van der Waals surface area contributed by atoms with Crippen molar-refractivity contribution in [1.29, 1.82) is 0 Å². The van der Waals surface area contributed by atoms with E-state index in [1.807, 2.05) is 25.1 Å². The summed E-state index contributed by atoms with van der Waals surface area (Å²) in [7, 11) is 0. The Morgan fingerprint density at radius 2 is 1.88 bits per heavy atom. The minimum atomic E-state index is -0.874. The predicted molar refractivity (Wildman–Crippen MR) is 154 cm³/mol. The number of benzene rings is 3. The maximum absolute atomic E-state index is 16.4. The van der Waals surface area contributed by atoms with E-state index in [-0.39, 0.29) is 24.5 Å². The number of primary amides is 1. The fourth-order valence-corrected chi connectivity index (χ4v) is 5.46. The summed E-state index contributed by atoms with van der Waals surface area (Å²) in [6.07, 6.45) is 3.76. The Labute approximate surface area is 241 Å². The summed E-state index contributed by atoms with van der Waals surface area (Å²) < 4.78 is 48.3. The third-order valence-corrected chi connectivity index (χ3v) is 7.38. The van der Waals surface area contributed by atoms with E-state index >= 15 is 4.39 Å². The monoisotopic (exact) mass is 581 g/mol. The van der Waals surface area contributed by atoms with Gasteiger partial charge >= 0.3 is 6.09 Å². The van der Waals surface area contributed by atoms with Crippen LogP contribution < -0.4 is 10.5 Å². The molecule has 0 bridgehead atoms. The van der Waals surface area contributed by atoms with Crippen molar-refractivity contribution in [2.24, 2.45) is 5.73 Å². The molecule has 214 valence electrons. The van der Waals surface area contributed by atoms with Crippen molar-refractivity contribution in [3.63, 3.8) is 0 Å². The minimum Gasteiger partial charge on any atom is -0.490 e. The average Bonchev–Trinajstić information content (AvgIpc) is 3.41. The molecule has 1 aliphatic rings. The number of nitrogens with zero attached hydrogens (tertiary/aromatic N) is 2. The number of rotatable bonds is 9. The van der Waals surface area contributed by atoms with Gasteiger partial charge in [-0.3, -0.25) is 0 Å². The van der Waals surface area contributed by atoms with Gasteiger partial charge in [0.1, 0.15) is 30.6 Å². The highest BCUT2D eigenvalue weighted by atomic mass is 35.5. The van der Waals surface area contributed by atoms with Gasteiger partial charge in [-0.25, -0.2) is 18.3 Å². The Kier molecular flexibility index (Phi) is 8.85. The Morgan fingerprint density at radius 3 is 2.56 bits per heavy atom. The van der Waals surface area contributed by atoms with Crippen molar-refractivity contribution in [1.82, 2.24) is 9.78 Å². The van der Waals surface area contributed by atoms with Crippen LogP contribution >= 0.6 is 11.6 Å². The molecule has 0 aliphatic carbocycles. The number of allylic oxidation sites excluding steroid dienone is 1. The summed E-state index contributed by atoms with van der Waals surface area (Å²) in [5.74, 6) is -0.348. The van der Waals surface area contributed by atoms with Crippen LogP contribution in [-0.2, 0) is 9.47 Å². The molecule has 41 heavy (non-hydrogen) atoms. The number of carbonyl (C=O) groups excluding carboxylic acids is 1. The standard InChI is InChI=1S/C31H30ClF2N3O4/c1-2-22(23-11-8-20(33)17-26(23)32)29(19-6-9-21(10-7-19)39-15-16-41-31(35)38)24-12-13-27-25(30(24)34)18-36-37(27)28-5-3-4-14-40-28/h6-13,17-18,28H,2-5,14-16H2,1H3,(H2,35,38). The first-order valence-electron chi connectivity index (χ1n) is 13.5. The van der Waals surface area contributed by atoms with Crippen molar-refractivity contribution in [2.75, 3.05) is 19.8 Å². The van der Waals surface area contributed by atoms with Crippen LogP contribution in [0.2, 0.25) is 5.02 Å². The normalized spacial score (nSPS) is 16.0. The number of ether oxygens (including phenoxy) is 3. The van der Waals surface area contributed by atoms with Gasteiger partial charge in [0.05, 0.1) is 22.1 Å². The first-order chi connectivity index (χ1) is 19.9. The van der Waals surface area contributed by atoms with Crippen LogP contribution in [0.25, 0.3) is 22.0 Å². The molecule has 1 aliphatic heterocycles. The molecule has 2 heterocycles. The van der Waals surface area contributed by atoms with Crippen molar-refractivity contribution < 1.29 is 27.8 Å². The maximum Gasteiger partial charge on any atom is 0.404 e. The molecule has 1 aromatic heterocycles. The summed E-state index contributed by atoms with van der Waals surface area (Å²) in [5, 5.41) is 5.09. The van der Waals surface area contributed by atoms with E-state index < -0.39 is 17.7 Å². The lowest BCUT2D eigenvalue weighted by atomic mass is 9.87. The van der Waals surface area contributed by atoms with Gasteiger partial charge < -0.3 is 19.9 Å². The van der Waals surface area contributed by atoms with Crippen molar-refractivity contribution in [3.8, 4) is 5.75 Å². The summed E-state index contributed by atoms with van der Waals surface area (Å²) >= 11 is 6.50. The second-order valence-corrected chi connectivity index (χ2v) is 10.0. The Bertz CT molecular complexity index is 1580. The molecule has 2 N–H and O–H groups in total. The zero-order valence-electron chi connectivity index (χ0n) is 22.5. The SMILES string of the molecule is CCC(=C(c1ccc(OCCOC(N)=O)cc1)c1ccc2c(cnn2C2CCCCO2)c1F)c1ccc(F)cc1Cl. The Morgan fingerprint density at radius 1 is 1.10 bits per heavy atom. The largest absolute Gasteiger partial charge is 0.490 e. The van der Waals surface area contributed by atoms with E-state index in [1.165, 1.54) is 18.3 Å². The quantitative estimate of drug-likeness (QED) is 0.163. The number of hydrogen-bond donors (Lipinski definition) is 1. The number of carbonyl (C=O) groups is 1. The number of hydrogen-bond acceptors (Lipinski definition) is 5. The third-order valence-electron chi connectivity index (χ3n) is 7.06. The molecule has 5 rings (SSSR count). The molecule has 7 nitrogen and oxygen atoms in total. The van der Waals surface area contributed by atoms with Gasteiger partial charge in [-0.15, -0.1) is 0 Å². The van der Waals surface area contributed by atoms with Gasteiger partial charge in [0, 0.05) is 12.2 Å². The van der Waals surface area contributed by atoms with Crippen LogP contribution in [0, 0.1) is 11.6 Å². The second kappa shape index (κ2) is 12.7. The third kappa shape index (κ3) is 6.21. The lowest BCUT2D eigenvalue weighted by Gasteiger charge is -2.23. The van der Waals surface area contributed by atoms with E-state index in [4.69, 9.17) is 31.5 Å². The minimum absolute atomic E-state index is 0.0100. The first-order valence-corrected chi connectivity index (χ1v) is 13.9. The lowest BCUT2D eigenvalue weighted by Crippen LogP contribution is -2.19. The molecule has 1 amide bonds. The molecular formula is C31H30ClF2N3O4. The molecular weight excluding hydrogens is 552 g/mol. The highest BCUT2D eigenvalue weighted by molar-refractivity contribution is 6.32. The van der Waals surface area contributed by atoms with Crippen molar-refractivity contribution in [3.05, 3.63) is 94.1 Å². The highest BCUT2D eigenvalue weighted by Crippen LogP contribution is 2.40. The number of nitrogens with two attached hydrogens (primary N) is 1. The van der Waals surface area contributed by atoms with Gasteiger partial charge in [-0.2, -0.15) is 5.10 Å². The van der Waals surface area contributed by atoms with Crippen molar-refractivity contribution >= 4 is 39.7 Å².